The standard InChI is InChI=1S/C16H23N5O2S2/c1-12(2)11-15-18-16(24-19-15)21-9-7-20(8-10-21)13-5-3-4-6-14(13)25(17,22)23/h3-6,12H,7-11H2,1-2H3,(H2,17,22,23). The first-order chi connectivity index (χ1) is 11.8. The maximum atomic E-state index is 11.8. The molecule has 136 valence electrons. The van der Waals surface area contributed by atoms with Gasteiger partial charge in [0.05, 0.1) is 5.69 Å². The number of rotatable bonds is 5. The molecule has 3 rings (SSSR count). The predicted octanol–water partition coefficient (Wildman–Crippen LogP) is 1.71. The molecule has 0 atom stereocenters. The van der Waals surface area contributed by atoms with Crippen LogP contribution in [0.25, 0.3) is 0 Å². The van der Waals surface area contributed by atoms with Gasteiger partial charge in [0.1, 0.15) is 10.7 Å². The second kappa shape index (κ2) is 7.27. The molecule has 1 aliphatic rings. The van der Waals surface area contributed by atoms with Crippen LogP contribution < -0.4 is 14.9 Å². The van der Waals surface area contributed by atoms with E-state index in [4.69, 9.17) is 5.14 Å². The highest BCUT2D eigenvalue weighted by Gasteiger charge is 2.24. The van der Waals surface area contributed by atoms with E-state index in [0.29, 0.717) is 24.7 Å². The van der Waals surface area contributed by atoms with E-state index in [0.717, 1.165) is 30.5 Å². The lowest BCUT2D eigenvalue weighted by Gasteiger charge is -2.36. The number of benzene rings is 1. The van der Waals surface area contributed by atoms with Crippen molar-refractivity contribution >= 4 is 32.4 Å². The molecule has 1 aromatic heterocycles. The van der Waals surface area contributed by atoms with Gasteiger partial charge in [0, 0.05) is 44.1 Å². The summed E-state index contributed by atoms with van der Waals surface area (Å²) in [4.78, 5) is 9.07. The van der Waals surface area contributed by atoms with Gasteiger partial charge in [0.25, 0.3) is 0 Å². The van der Waals surface area contributed by atoms with Crippen molar-refractivity contribution in [3.8, 4) is 0 Å². The number of primary sulfonamides is 1. The van der Waals surface area contributed by atoms with Gasteiger partial charge in [-0.1, -0.05) is 26.0 Å². The number of aromatic nitrogens is 2. The van der Waals surface area contributed by atoms with Gasteiger partial charge in [-0.25, -0.2) is 18.5 Å². The number of anilines is 2. The van der Waals surface area contributed by atoms with Crippen LogP contribution >= 0.6 is 11.5 Å². The van der Waals surface area contributed by atoms with E-state index >= 15 is 0 Å². The number of para-hydroxylation sites is 1. The Morgan fingerprint density at radius 2 is 1.80 bits per heavy atom. The van der Waals surface area contributed by atoms with Crippen LogP contribution in [0.1, 0.15) is 19.7 Å². The lowest BCUT2D eigenvalue weighted by molar-refractivity contribution is 0.595. The largest absolute Gasteiger partial charge is 0.367 e. The highest BCUT2D eigenvalue weighted by molar-refractivity contribution is 7.89. The smallest absolute Gasteiger partial charge is 0.240 e. The van der Waals surface area contributed by atoms with Gasteiger partial charge in [-0.2, -0.15) is 4.37 Å². The average Bonchev–Trinajstić information content (AvgIpc) is 3.02. The molecular weight excluding hydrogens is 358 g/mol. The van der Waals surface area contributed by atoms with Crippen LogP contribution in [0.2, 0.25) is 0 Å². The molecule has 2 heterocycles. The van der Waals surface area contributed by atoms with Gasteiger partial charge in [-0.3, -0.25) is 0 Å². The average molecular weight is 382 g/mol. The summed E-state index contributed by atoms with van der Waals surface area (Å²) in [5.74, 6) is 1.44. The van der Waals surface area contributed by atoms with Crippen molar-refractivity contribution in [1.82, 2.24) is 9.36 Å². The normalized spacial score (nSPS) is 15.8. The van der Waals surface area contributed by atoms with Crippen LogP contribution in [0.15, 0.2) is 29.2 Å². The molecular formula is C16H23N5O2S2. The molecule has 0 saturated carbocycles. The fraction of sp³-hybridized carbons (Fsp3) is 0.500. The molecule has 0 amide bonds. The first kappa shape index (κ1) is 18.1. The van der Waals surface area contributed by atoms with Crippen molar-refractivity contribution in [1.29, 1.82) is 0 Å². The van der Waals surface area contributed by atoms with Crippen molar-refractivity contribution in [2.24, 2.45) is 11.1 Å². The maximum Gasteiger partial charge on any atom is 0.240 e. The Balaban J connectivity index is 1.70. The third kappa shape index (κ3) is 4.28. The lowest BCUT2D eigenvalue weighted by Crippen LogP contribution is -2.47. The molecule has 0 unspecified atom stereocenters. The van der Waals surface area contributed by atoms with Gasteiger partial charge < -0.3 is 9.80 Å². The molecule has 0 bridgehead atoms. The van der Waals surface area contributed by atoms with E-state index in [9.17, 15) is 8.42 Å². The number of hydrogen-bond acceptors (Lipinski definition) is 7. The highest BCUT2D eigenvalue weighted by atomic mass is 32.2. The third-order valence-corrected chi connectivity index (χ3v) is 5.88. The van der Waals surface area contributed by atoms with Crippen LogP contribution in [-0.4, -0.2) is 44.0 Å². The summed E-state index contributed by atoms with van der Waals surface area (Å²) in [6, 6.07) is 6.89. The van der Waals surface area contributed by atoms with Gasteiger partial charge in [0.15, 0.2) is 0 Å². The Kier molecular flexibility index (Phi) is 5.26. The van der Waals surface area contributed by atoms with Gasteiger partial charge in [-0.05, 0) is 18.1 Å². The van der Waals surface area contributed by atoms with Crippen molar-refractivity contribution in [3.05, 3.63) is 30.1 Å². The van der Waals surface area contributed by atoms with Crippen LogP contribution in [0.5, 0.6) is 0 Å². The summed E-state index contributed by atoms with van der Waals surface area (Å²) in [6.07, 6.45) is 0.887. The first-order valence-corrected chi connectivity index (χ1v) is 10.6. The first-order valence-electron chi connectivity index (χ1n) is 8.29. The van der Waals surface area contributed by atoms with Gasteiger partial charge in [0.2, 0.25) is 15.2 Å². The Hall–Kier alpha value is -1.71. The van der Waals surface area contributed by atoms with Crippen molar-refractivity contribution in [2.45, 2.75) is 25.2 Å². The molecule has 1 fully saturated rings. The Bertz CT molecular complexity index is 827. The summed E-state index contributed by atoms with van der Waals surface area (Å²) in [5.41, 5.74) is 0.669. The highest BCUT2D eigenvalue weighted by Crippen LogP contribution is 2.27. The fourth-order valence-corrected chi connectivity index (χ4v) is 4.42. The minimum Gasteiger partial charge on any atom is -0.367 e. The van der Waals surface area contributed by atoms with Crippen LogP contribution in [0.3, 0.4) is 0 Å². The minimum absolute atomic E-state index is 0.179. The lowest BCUT2D eigenvalue weighted by atomic mass is 10.1. The van der Waals surface area contributed by atoms with E-state index in [1.165, 1.54) is 11.5 Å². The molecule has 9 heteroatoms. The Morgan fingerprint density at radius 1 is 1.16 bits per heavy atom. The summed E-state index contributed by atoms with van der Waals surface area (Å²) >= 11 is 1.43. The summed E-state index contributed by atoms with van der Waals surface area (Å²) in [7, 11) is -3.73. The zero-order valence-electron chi connectivity index (χ0n) is 14.4. The summed E-state index contributed by atoms with van der Waals surface area (Å²) in [6.45, 7) is 7.28. The van der Waals surface area contributed by atoms with E-state index in [-0.39, 0.29) is 4.90 Å². The van der Waals surface area contributed by atoms with E-state index in [1.54, 1.807) is 18.2 Å². The number of piperazine rings is 1. The van der Waals surface area contributed by atoms with Gasteiger partial charge in [-0.15, -0.1) is 0 Å². The van der Waals surface area contributed by atoms with E-state index in [1.807, 2.05) is 6.07 Å². The second-order valence-electron chi connectivity index (χ2n) is 6.58. The Labute approximate surface area is 152 Å². The van der Waals surface area contributed by atoms with Crippen molar-refractivity contribution < 1.29 is 8.42 Å². The predicted molar refractivity (Wildman–Crippen MR) is 101 cm³/mol. The topological polar surface area (TPSA) is 92.4 Å². The third-order valence-electron chi connectivity index (χ3n) is 4.11. The minimum atomic E-state index is -3.73. The Morgan fingerprint density at radius 3 is 2.44 bits per heavy atom. The number of hydrogen-bond donors (Lipinski definition) is 1. The molecule has 1 aromatic carbocycles. The second-order valence-corrected chi connectivity index (χ2v) is 8.84. The number of nitrogens with two attached hydrogens (primary N) is 1. The molecule has 1 aliphatic heterocycles. The zero-order chi connectivity index (χ0) is 18.0. The van der Waals surface area contributed by atoms with Gasteiger partial charge >= 0.3 is 0 Å². The molecule has 2 N–H and O–H groups in total. The molecule has 7 nitrogen and oxygen atoms in total. The number of sulfonamides is 1. The van der Waals surface area contributed by atoms with Crippen LogP contribution in [-0.2, 0) is 16.4 Å². The van der Waals surface area contributed by atoms with E-state index < -0.39 is 10.0 Å². The van der Waals surface area contributed by atoms with Crippen molar-refractivity contribution in [2.75, 3.05) is 36.0 Å². The molecule has 1 saturated heterocycles. The fourth-order valence-electron chi connectivity index (χ4n) is 2.92. The SMILES string of the molecule is CC(C)Cc1nsc(N2CCN(c3ccccc3S(N)(=O)=O)CC2)n1. The molecule has 0 aliphatic carbocycles. The van der Waals surface area contributed by atoms with Crippen LogP contribution in [0.4, 0.5) is 10.8 Å². The summed E-state index contributed by atoms with van der Waals surface area (Å²) in [5, 5.41) is 6.28. The molecule has 2 aromatic rings. The zero-order valence-corrected chi connectivity index (χ0v) is 16.1. The molecule has 0 radical (unpaired) electrons. The monoisotopic (exact) mass is 381 g/mol. The van der Waals surface area contributed by atoms with Crippen molar-refractivity contribution in [3.63, 3.8) is 0 Å². The number of nitrogens with zero attached hydrogens (tertiary/aromatic N) is 4. The summed E-state index contributed by atoms with van der Waals surface area (Å²) < 4.78 is 28.0. The molecule has 0 spiro atoms. The maximum absolute atomic E-state index is 11.8. The quantitative estimate of drug-likeness (QED) is 0.848. The van der Waals surface area contributed by atoms with E-state index in [2.05, 4.69) is 33.0 Å². The van der Waals surface area contributed by atoms with Crippen LogP contribution in [0, 0.1) is 5.92 Å². The molecule has 25 heavy (non-hydrogen) atoms.